The molecule has 0 aliphatic heterocycles. The first kappa shape index (κ1) is 14.5. The van der Waals surface area contributed by atoms with E-state index in [1.54, 1.807) is 11.4 Å². The molecule has 0 aromatic heterocycles. The second-order valence-electron chi connectivity index (χ2n) is 3.29. The molecule has 0 aliphatic carbocycles. The predicted molar refractivity (Wildman–Crippen MR) is 66.4 cm³/mol. The second kappa shape index (κ2) is 8.82. The third-order valence-corrected chi connectivity index (χ3v) is 6.87. The molecule has 2 nitrogen and oxygen atoms in total. The number of rotatable bonds is 9. The molecule has 0 aromatic rings. The van der Waals surface area contributed by atoms with Crippen LogP contribution in [0, 0.1) is 0 Å². The largest absolute Gasteiger partial charge is 0.321 e. The summed E-state index contributed by atoms with van der Waals surface area (Å²) in [4.78, 5) is 0. The van der Waals surface area contributed by atoms with Crippen LogP contribution >= 0.6 is 18.0 Å². The average Bonchev–Trinajstić information content (AvgIpc) is 2.16. The van der Waals surface area contributed by atoms with Crippen LogP contribution in [0.4, 0.5) is 0 Å². The van der Waals surface area contributed by atoms with Crippen molar-refractivity contribution in [2.45, 2.75) is 46.5 Å². The lowest BCUT2D eigenvalue weighted by atomic mass is 10.4. The maximum atomic E-state index is 12.2. The fourth-order valence-electron chi connectivity index (χ4n) is 1.06. The van der Waals surface area contributed by atoms with Crippen LogP contribution in [0.3, 0.4) is 0 Å². The zero-order valence-electron chi connectivity index (χ0n) is 9.62. The highest BCUT2D eigenvalue weighted by molar-refractivity contribution is 8.56. The van der Waals surface area contributed by atoms with Crippen molar-refractivity contribution in [2.24, 2.45) is 0 Å². The van der Waals surface area contributed by atoms with E-state index in [1.807, 2.05) is 6.92 Å². The van der Waals surface area contributed by atoms with Crippen LogP contribution in [0.2, 0.25) is 0 Å². The lowest BCUT2D eigenvalue weighted by Crippen LogP contribution is -1.93. The average molecular weight is 238 g/mol. The highest BCUT2D eigenvalue weighted by Gasteiger charge is 2.21. The number of hydrogen-bond acceptors (Lipinski definition) is 3. The van der Waals surface area contributed by atoms with E-state index in [-0.39, 0.29) is 0 Å². The smallest absolute Gasteiger partial charge is 0.257 e. The summed E-state index contributed by atoms with van der Waals surface area (Å²) in [6.45, 7) is 4.41. The lowest BCUT2D eigenvalue weighted by Gasteiger charge is -2.16. The minimum Gasteiger partial charge on any atom is -0.321 e. The van der Waals surface area contributed by atoms with Gasteiger partial charge in [0.2, 0.25) is 0 Å². The SMILES string of the molecule is CCCCSP(=O)(CCCC)OCC. The molecule has 0 heterocycles. The van der Waals surface area contributed by atoms with Crippen LogP contribution in [-0.2, 0) is 9.09 Å². The standard InChI is InChI=1S/C10H23O2PS/c1-4-7-9-13(11,12-6-3)14-10-8-5-2/h4-10H2,1-3H3. The summed E-state index contributed by atoms with van der Waals surface area (Å²) >= 11 is 1.55. The van der Waals surface area contributed by atoms with Gasteiger partial charge < -0.3 is 4.52 Å². The van der Waals surface area contributed by atoms with E-state index < -0.39 is 6.57 Å². The third kappa shape index (κ3) is 6.92. The molecule has 0 radical (unpaired) electrons. The summed E-state index contributed by atoms with van der Waals surface area (Å²) in [5.41, 5.74) is 0. The summed E-state index contributed by atoms with van der Waals surface area (Å²) in [6, 6.07) is 0. The van der Waals surface area contributed by atoms with Gasteiger partial charge in [-0.15, -0.1) is 0 Å². The van der Waals surface area contributed by atoms with Crippen molar-refractivity contribution in [1.29, 1.82) is 0 Å². The molecule has 14 heavy (non-hydrogen) atoms. The van der Waals surface area contributed by atoms with Crippen molar-refractivity contribution >= 4 is 18.0 Å². The number of unbranched alkanes of at least 4 members (excludes halogenated alkanes) is 2. The molecule has 4 heteroatoms. The Balaban J connectivity index is 3.89. The molecule has 0 rings (SSSR count). The van der Waals surface area contributed by atoms with Gasteiger partial charge in [0, 0.05) is 11.9 Å². The van der Waals surface area contributed by atoms with E-state index in [9.17, 15) is 4.57 Å². The van der Waals surface area contributed by atoms with Crippen LogP contribution in [-0.4, -0.2) is 18.5 Å². The summed E-state index contributed by atoms with van der Waals surface area (Å²) in [5.74, 6) is 0.970. The van der Waals surface area contributed by atoms with E-state index in [1.165, 1.54) is 0 Å². The minimum atomic E-state index is -2.35. The zero-order chi connectivity index (χ0) is 10.9. The highest BCUT2D eigenvalue weighted by Crippen LogP contribution is 2.60. The van der Waals surface area contributed by atoms with Gasteiger partial charge in [-0.2, -0.15) is 0 Å². The van der Waals surface area contributed by atoms with Gasteiger partial charge in [0.05, 0.1) is 6.61 Å². The first-order valence-electron chi connectivity index (χ1n) is 5.56. The Hall–Kier alpha value is 0.540. The maximum Gasteiger partial charge on any atom is 0.257 e. The fraction of sp³-hybridized carbons (Fsp3) is 1.00. The monoisotopic (exact) mass is 238 g/mol. The summed E-state index contributed by atoms with van der Waals surface area (Å²) in [7, 11) is 0. The van der Waals surface area contributed by atoms with Crippen molar-refractivity contribution in [3.8, 4) is 0 Å². The Labute approximate surface area is 92.4 Å². The Morgan fingerprint density at radius 1 is 1.14 bits per heavy atom. The molecule has 0 spiro atoms. The van der Waals surface area contributed by atoms with Crippen molar-refractivity contribution in [2.75, 3.05) is 18.5 Å². The van der Waals surface area contributed by atoms with E-state index in [0.29, 0.717) is 6.61 Å². The van der Waals surface area contributed by atoms with Crippen molar-refractivity contribution < 1.29 is 9.09 Å². The molecular formula is C10H23O2PS. The molecule has 0 bridgehead atoms. The Morgan fingerprint density at radius 2 is 1.79 bits per heavy atom. The molecule has 1 unspecified atom stereocenters. The van der Waals surface area contributed by atoms with E-state index in [4.69, 9.17) is 4.52 Å². The maximum absolute atomic E-state index is 12.2. The summed E-state index contributed by atoms with van der Waals surface area (Å²) in [6.07, 6.45) is 5.13. The van der Waals surface area contributed by atoms with Crippen LogP contribution < -0.4 is 0 Å². The van der Waals surface area contributed by atoms with Crippen LogP contribution in [0.25, 0.3) is 0 Å². The number of hydrogen-bond donors (Lipinski definition) is 0. The van der Waals surface area contributed by atoms with E-state index in [0.717, 1.165) is 37.6 Å². The van der Waals surface area contributed by atoms with E-state index >= 15 is 0 Å². The fourth-order valence-corrected chi connectivity index (χ4v) is 5.72. The van der Waals surface area contributed by atoms with E-state index in [2.05, 4.69) is 13.8 Å². The lowest BCUT2D eigenvalue weighted by molar-refractivity contribution is 0.345. The summed E-state index contributed by atoms with van der Waals surface area (Å²) < 4.78 is 17.6. The second-order valence-corrected chi connectivity index (χ2v) is 8.33. The third-order valence-electron chi connectivity index (χ3n) is 1.90. The molecular weight excluding hydrogens is 215 g/mol. The van der Waals surface area contributed by atoms with Gasteiger partial charge in [0.15, 0.2) is 0 Å². The summed E-state index contributed by atoms with van der Waals surface area (Å²) in [5, 5.41) is 0. The first-order chi connectivity index (χ1) is 6.68. The van der Waals surface area contributed by atoms with Gasteiger partial charge in [-0.3, -0.25) is 4.57 Å². The molecule has 0 aliphatic rings. The van der Waals surface area contributed by atoms with Crippen molar-refractivity contribution in [3.63, 3.8) is 0 Å². The topological polar surface area (TPSA) is 26.3 Å². The molecule has 0 fully saturated rings. The normalized spacial score (nSPS) is 15.4. The van der Waals surface area contributed by atoms with Crippen LogP contribution in [0.15, 0.2) is 0 Å². The van der Waals surface area contributed by atoms with Gasteiger partial charge in [-0.25, -0.2) is 0 Å². The van der Waals surface area contributed by atoms with Gasteiger partial charge in [-0.1, -0.05) is 38.1 Å². The van der Waals surface area contributed by atoms with Gasteiger partial charge in [0.25, 0.3) is 6.57 Å². The molecule has 1 atom stereocenters. The van der Waals surface area contributed by atoms with Crippen molar-refractivity contribution in [3.05, 3.63) is 0 Å². The van der Waals surface area contributed by atoms with Gasteiger partial charge in [-0.05, 0) is 19.8 Å². The van der Waals surface area contributed by atoms with Crippen molar-refractivity contribution in [1.82, 2.24) is 0 Å². The first-order valence-corrected chi connectivity index (χ1v) is 8.96. The molecule has 0 amide bonds. The highest BCUT2D eigenvalue weighted by atomic mass is 32.7. The molecule has 0 saturated carbocycles. The van der Waals surface area contributed by atoms with Gasteiger partial charge in [0.1, 0.15) is 0 Å². The molecule has 0 saturated heterocycles. The molecule has 0 N–H and O–H groups in total. The minimum absolute atomic E-state index is 0.570. The van der Waals surface area contributed by atoms with Crippen LogP contribution in [0.5, 0.6) is 0 Å². The Morgan fingerprint density at radius 3 is 2.29 bits per heavy atom. The molecule has 0 aromatic carbocycles. The quantitative estimate of drug-likeness (QED) is 0.435. The zero-order valence-corrected chi connectivity index (χ0v) is 11.3. The Bertz CT molecular complexity index is 174. The van der Waals surface area contributed by atoms with Gasteiger partial charge >= 0.3 is 0 Å². The van der Waals surface area contributed by atoms with Crippen LogP contribution in [0.1, 0.15) is 46.5 Å². The Kier molecular flexibility index (Phi) is 9.16. The predicted octanol–water partition coefficient (Wildman–Crippen LogP) is 4.55. The molecule has 86 valence electrons.